The van der Waals surface area contributed by atoms with Gasteiger partial charge in [-0.05, 0) is 43.7 Å². The highest BCUT2D eigenvalue weighted by Gasteiger charge is 2.02. The standard InChI is InChI=1S/C15H17N3S/c1-3-18-7-6-12(10-18)9-16-13-4-5-14-15(8-13)19-11(2)17-14/h4-8,10,16H,3,9H2,1-2H3. The quantitative estimate of drug-likeness (QED) is 0.776. The van der Waals surface area contributed by atoms with E-state index in [1.165, 1.54) is 10.3 Å². The van der Waals surface area contributed by atoms with Crippen LogP contribution >= 0.6 is 11.3 Å². The molecule has 0 atom stereocenters. The molecule has 0 unspecified atom stereocenters. The van der Waals surface area contributed by atoms with Gasteiger partial charge >= 0.3 is 0 Å². The zero-order valence-electron chi connectivity index (χ0n) is 11.2. The summed E-state index contributed by atoms with van der Waals surface area (Å²) >= 11 is 1.74. The molecule has 0 spiro atoms. The van der Waals surface area contributed by atoms with Gasteiger partial charge in [0, 0.05) is 31.2 Å². The maximum atomic E-state index is 4.47. The summed E-state index contributed by atoms with van der Waals surface area (Å²) in [5.74, 6) is 0. The van der Waals surface area contributed by atoms with Crippen LogP contribution in [0.4, 0.5) is 5.69 Å². The number of fused-ring (bicyclic) bond motifs is 1. The van der Waals surface area contributed by atoms with Crippen LogP contribution in [0.25, 0.3) is 10.2 Å². The molecule has 3 aromatic rings. The van der Waals surface area contributed by atoms with E-state index in [0.29, 0.717) is 0 Å². The van der Waals surface area contributed by atoms with E-state index in [0.717, 1.165) is 29.3 Å². The Labute approximate surface area is 116 Å². The van der Waals surface area contributed by atoms with Gasteiger partial charge in [-0.3, -0.25) is 0 Å². The molecule has 19 heavy (non-hydrogen) atoms. The maximum Gasteiger partial charge on any atom is 0.0907 e. The first kappa shape index (κ1) is 12.2. The Morgan fingerprint density at radius 1 is 1.32 bits per heavy atom. The number of nitrogens with one attached hydrogen (secondary N) is 1. The lowest BCUT2D eigenvalue weighted by Gasteiger charge is -2.04. The minimum Gasteiger partial charge on any atom is -0.381 e. The summed E-state index contributed by atoms with van der Waals surface area (Å²) in [7, 11) is 0. The highest BCUT2D eigenvalue weighted by Crippen LogP contribution is 2.25. The molecule has 0 amide bonds. The predicted molar refractivity (Wildman–Crippen MR) is 81.8 cm³/mol. The van der Waals surface area contributed by atoms with Crippen molar-refractivity contribution in [3.63, 3.8) is 0 Å². The van der Waals surface area contributed by atoms with Crippen molar-refractivity contribution in [3.8, 4) is 0 Å². The molecule has 0 aliphatic carbocycles. The minimum atomic E-state index is 0.857. The second-order valence-corrected chi connectivity index (χ2v) is 5.85. The Balaban J connectivity index is 1.73. The van der Waals surface area contributed by atoms with Crippen molar-refractivity contribution in [2.75, 3.05) is 5.32 Å². The number of aromatic nitrogens is 2. The molecule has 2 heterocycles. The lowest BCUT2D eigenvalue weighted by Crippen LogP contribution is -1.98. The number of hydrogen-bond acceptors (Lipinski definition) is 3. The van der Waals surface area contributed by atoms with Gasteiger partial charge in [-0.15, -0.1) is 11.3 Å². The van der Waals surface area contributed by atoms with Gasteiger partial charge < -0.3 is 9.88 Å². The first-order valence-electron chi connectivity index (χ1n) is 6.50. The van der Waals surface area contributed by atoms with Crippen LogP contribution in [-0.2, 0) is 13.1 Å². The van der Waals surface area contributed by atoms with Crippen LogP contribution in [0, 0.1) is 6.92 Å². The van der Waals surface area contributed by atoms with Crippen molar-refractivity contribution in [3.05, 3.63) is 47.2 Å². The molecular formula is C15H17N3S. The van der Waals surface area contributed by atoms with Crippen molar-refractivity contribution in [2.45, 2.75) is 26.9 Å². The van der Waals surface area contributed by atoms with Crippen LogP contribution in [0.5, 0.6) is 0 Å². The van der Waals surface area contributed by atoms with Gasteiger partial charge in [-0.25, -0.2) is 4.98 Å². The smallest absolute Gasteiger partial charge is 0.0907 e. The average molecular weight is 271 g/mol. The summed E-state index contributed by atoms with van der Waals surface area (Å²) < 4.78 is 3.43. The Hall–Kier alpha value is -1.81. The zero-order chi connectivity index (χ0) is 13.2. The molecule has 0 fully saturated rings. The molecule has 3 rings (SSSR count). The number of nitrogens with zero attached hydrogens (tertiary/aromatic N) is 2. The Morgan fingerprint density at radius 2 is 2.21 bits per heavy atom. The van der Waals surface area contributed by atoms with Crippen molar-refractivity contribution in [1.29, 1.82) is 0 Å². The molecule has 0 radical (unpaired) electrons. The number of benzene rings is 1. The lowest BCUT2D eigenvalue weighted by molar-refractivity contribution is 0.766. The second kappa shape index (κ2) is 5.05. The fraction of sp³-hybridized carbons (Fsp3) is 0.267. The van der Waals surface area contributed by atoms with Crippen LogP contribution < -0.4 is 5.32 Å². The van der Waals surface area contributed by atoms with Gasteiger partial charge in [-0.2, -0.15) is 0 Å². The Kier molecular flexibility index (Phi) is 3.25. The highest BCUT2D eigenvalue weighted by molar-refractivity contribution is 7.18. The molecule has 0 aliphatic heterocycles. The lowest BCUT2D eigenvalue weighted by atomic mass is 10.2. The fourth-order valence-corrected chi connectivity index (χ4v) is 3.01. The number of thiazole rings is 1. The summed E-state index contributed by atoms with van der Waals surface area (Å²) in [5, 5.41) is 4.58. The largest absolute Gasteiger partial charge is 0.381 e. The fourth-order valence-electron chi connectivity index (χ4n) is 2.15. The van der Waals surface area contributed by atoms with Crippen molar-refractivity contribution < 1.29 is 0 Å². The van der Waals surface area contributed by atoms with E-state index in [9.17, 15) is 0 Å². The average Bonchev–Trinajstić information content (AvgIpc) is 3.00. The number of rotatable bonds is 4. The van der Waals surface area contributed by atoms with E-state index < -0.39 is 0 Å². The summed E-state index contributed by atoms with van der Waals surface area (Å²) in [6, 6.07) is 8.51. The van der Waals surface area contributed by atoms with Crippen molar-refractivity contribution in [2.24, 2.45) is 0 Å². The number of anilines is 1. The normalized spacial score (nSPS) is 11.1. The Bertz CT molecular complexity index is 696. The molecule has 0 aliphatic rings. The summed E-state index contributed by atoms with van der Waals surface area (Å²) in [5.41, 5.74) is 3.55. The van der Waals surface area contributed by atoms with Gasteiger partial charge in [0.1, 0.15) is 0 Å². The van der Waals surface area contributed by atoms with Gasteiger partial charge in [-0.1, -0.05) is 0 Å². The van der Waals surface area contributed by atoms with E-state index >= 15 is 0 Å². The molecule has 2 aromatic heterocycles. The molecule has 1 N–H and O–H groups in total. The van der Waals surface area contributed by atoms with E-state index in [1.54, 1.807) is 11.3 Å². The first-order chi connectivity index (χ1) is 9.24. The van der Waals surface area contributed by atoms with Crippen molar-refractivity contribution >= 4 is 27.2 Å². The van der Waals surface area contributed by atoms with Gasteiger partial charge in [0.15, 0.2) is 0 Å². The maximum absolute atomic E-state index is 4.47. The first-order valence-corrected chi connectivity index (χ1v) is 7.32. The SMILES string of the molecule is CCn1ccc(CNc2ccc3nc(C)sc3c2)c1. The molecule has 0 saturated heterocycles. The van der Waals surface area contributed by atoms with E-state index in [2.05, 4.69) is 58.5 Å². The van der Waals surface area contributed by atoms with Gasteiger partial charge in [0.2, 0.25) is 0 Å². The summed E-state index contributed by atoms with van der Waals surface area (Å²) in [6.07, 6.45) is 4.30. The molecule has 4 heteroatoms. The molecular weight excluding hydrogens is 254 g/mol. The molecule has 1 aromatic carbocycles. The third-order valence-electron chi connectivity index (χ3n) is 3.17. The predicted octanol–water partition coefficient (Wildman–Crippen LogP) is 4.04. The second-order valence-electron chi connectivity index (χ2n) is 4.62. The van der Waals surface area contributed by atoms with Crippen LogP contribution in [0.15, 0.2) is 36.7 Å². The molecule has 0 saturated carbocycles. The molecule has 0 bridgehead atoms. The highest BCUT2D eigenvalue weighted by atomic mass is 32.1. The van der Waals surface area contributed by atoms with Crippen LogP contribution in [0.2, 0.25) is 0 Å². The van der Waals surface area contributed by atoms with Crippen LogP contribution in [0.3, 0.4) is 0 Å². The third-order valence-corrected chi connectivity index (χ3v) is 4.10. The summed E-state index contributed by atoms with van der Waals surface area (Å²) in [4.78, 5) is 4.47. The number of hydrogen-bond donors (Lipinski definition) is 1. The number of aryl methyl sites for hydroxylation is 2. The van der Waals surface area contributed by atoms with Crippen LogP contribution in [-0.4, -0.2) is 9.55 Å². The van der Waals surface area contributed by atoms with Crippen LogP contribution in [0.1, 0.15) is 17.5 Å². The van der Waals surface area contributed by atoms with E-state index in [1.807, 2.05) is 6.92 Å². The van der Waals surface area contributed by atoms with Gasteiger partial charge in [0.05, 0.1) is 15.2 Å². The third kappa shape index (κ3) is 2.63. The topological polar surface area (TPSA) is 29.9 Å². The minimum absolute atomic E-state index is 0.857. The Morgan fingerprint density at radius 3 is 3.00 bits per heavy atom. The van der Waals surface area contributed by atoms with Gasteiger partial charge in [0.25, 0.3) is 0 Å². The van der Waals surface area contributed by atoms with E-state index in [4.69, 9.17) is 0 Å². The monoisotopic (exact) mass is 271 g/mol. The zero-order valence-corrected chi connectivity index (χ0v) is 12.0. The molecule has 3 nitrogen and oxygen atoms in total. The summed E-state index contributed by atoms with van der Waals surface area (Å²) in [6.45, 7) is 6.07. The molecule has 98 valence electrons. The van der Waals surface area contributed by atoms with Crippen molar-refractivity contribution in [1.82, 2.24) is 9.55 Å². The van der Waals surface area contributed by atoms with E-state index in [-0.39, 0.29) is 0 Å².